The van der Waals surface area contributed by atoms with Crippen molar-refractivity contribution in [3.05, 3.63) is 59.9 Å². The van der Waals surface area contributed by atoms with Crippen LogP contribution in [0.4, 0.5) is 0 Å². The van der Waals surface area contributed by atoms with E-state index >= 15 is 0 Å². The predicted octanol–water partition coefficient (Wildman–Crippen LogP) is 6.99. The van der Waals surface area contributed by atoms with Gasteiger partial charge in [-0.15, -0.1) is 0 Å². The zero-order valence-electron chi connectivity index (χ0n) is 16.9. The summed E-state index contributed by atoms with van der Waals surface area (Å²) in [6, 6.07) is 14.1. The summed E-state index contributed by atoms with van der Waals surface area (Å²) in [7, 11) is 0. The van der Waals surface area contributed by atoms with E-state index in [0.717, 1.165) is 17.5 Å². The minimum Gasteiger partial charge on any atom is -0.299 e. The van der Waals surface area contributed by atoms with E-state index in [9.17, 15) is 0 Å². The van der Waals surface area contributed by atoms with Gasteiger partial charge >= 0.3 is 0 Å². The molecule has 0 saturated heterocycles. The Balaban J connectivity index is 1.68. The molecule has 0 radical (unpaired) electrons. The Bertz CT molecular complexity index is 1210. The monoisotopic (exact) mass is 368 g/mol. The number of benzene rings is 2. The van der Waals surface area contributed by atoms with Crippen LogP contribution in [0.3, 0.4) is 0 Å². The molecule has 2 nitrogen and oxygen atoms in total. The minimum absolute atomic E-state index is 0.292. The SMILES string of the molecule is C[C@H]1CC1(C)c1cccc2c3cc(C4CCCCC4)ccc3n3ccnc3c12. The lowest BCUT2D eigenvalue weighted by atomic mass is 9.83. The molecule has 2 aromatic carbocycles. The van der Waals surface area contributed by atoms with Crippen molar-refractivity contribution in [1.82, 2.24) is 9.38 Å². The second-order valence-corrected chi connectivity index (χ2v) is 9.48. The average Bonchev–Trinajstić information content (AvgIpc) is 3.14. The van der Waals surface area contributed by atoms with Crippen molar-refractivity contribution in [2.24, 2.45) is 5.92 Å². The Morgan fingerprint density at radius 3 is 2.64 bits per heavy atom. The van der Waals surface area contributed by atoms with Crippen LogP contribution in [0.1, 0.15) is 69.4 Å². The summed E-state index contributed by atoms with van der Waals surface area (Å²) >= 11 is 0. The van der Waals surface area contributed by atoms with Gasteiger partial charge in [0.05, 0.1) is 5.52 Å². The van der Waals surface area contributed by atoms with Crippen LogP contribution < -0.4 is 0 Å². The molecule has 0 bridgehead atoms. The highest BCUT2D eigenvalue weighted by atomic mass is 15.0. The third kappa shape index (κ3) is 2.24. The molecule has 2 heteroatoms. The first-order valence-corrected chi connectivity index (χ1v) is 11.0. The van der Waals surface area contributed by atoms with Gasteiger partial charge in [0.15, 0.2) is 0 Å². The van der Waals surface area contributed by atoms with Crippen molar-refractivity contribution in [2.75, 3.05) is 0 Å². The standard InChI is InChI=1S/C26H28N2/c1-17-16-26(17,2)22-10-6-9-20-21-15-19(18-7-4-3-5-8-18)11-12-23(21)28-14-13-27-25(28)24(20)22/h6,9-15,17-18H,3-5,7-8,16H2,1-2H3/t17-,26?/m0/s1. The van der Waals surface area contributed by atoms with Crippen LogP contribution in [0, 0.1) is 5.92 Å². The van der Waals surface area contributed by atoms with E-state index in [-0.39, 0.29) is 0 Å². The fraction of sp³-hybridized carbons (Fsp3) is 0.423. The number of aromatic nitrogens is 2. The average molecular weight is 369 g/mol. The largest absolute Gasteiger partial charge is 0.299 e. The molecule has 2 aliphatic rings. The van der Waals surface area contributed by atoms with Gasteiger partial charge in [0.25, 0.3) is 0 Å². The molecular formula is C26H28N2. The number of imidazole rings is 1. The first kappa shape index (κ1) is 16.6. The van der Waals surface area contributed by atoms with Crippen LogP contribution in [0.2, 0.25) is 0 Å². The Morgan fingerprint density at radius 1 is 1.04 bits per heavy atom. The molecule has 1 unspecified atom stereocenters. The minimum atomic E-state index is 0.292. The molecule has 0 aliphatic heterocycles. The quantitative estimate of drug-likeness (QED) is 0.349. The molecule has 0 amide bonds. The second-order valence-electron chi connectivity index (χ2n) is 9.48. The van der Waals surface area contributed by atoms with Gasteiger partial charge in [0.1, 0.15) is 5.65 Å². The molecule has 0 N–H and O–H groups in total. The fourth-order valence-corrected chi connectivity index (χ4v) is 5.80. The molecular weight excluding hydrogens is 340 g/mol. The molecule has 2 heterocycles. The van der Waals surface area contributed by atoms with Gasteiger partial charge in [-0.3, -0.25) is 4.40 Å². The molecule has 2 saturated carbocycles. The zero-order valence-corrected chi connectivity index (χ0v) is 16.9. The van der Waals surface area contributed by atoms with Gasteiger partial charge in [-0.05, 0) is 65.2 Å². The summed E-state index contributed by atoms with van der Waals surface area (Å²) in [4.78, 5) is 4.80. The van der Waals surface area contributed by atoms with Crippen molar-refractivity contribution < 1.29 is 0 Å². The molecule has 142 valence electrons. The van der Waals surface area contributed by atoms with Gasteiger partial charge in [-0.25, -0.2) is 4.98 Å². The third-order valence-electron chi connectivity index (χ3n) is 7.85. The van der Waals surface area contributed by atoms with Crippen molar-refractivity contribution in [2.45, 2.75) is 63.7 Å². The fourth-order valence-electron chi connectivity index (χ4n) is 5.80. The second kappa shape index (κ2) is 5.83. The Labute approximate surface area is 166 Å². The van der Waals surface area contributed by atoms with E-state index in [1.807, 2.05) is 6.20 Å². The van der Waals surface area contributed by atoms with Gasteiger partial charge < -0.3 is 0 Å². The summed E-state index contributed by atoms with van der Waals surface area (Å²) in [5, 5.41) is 4.14. The smallest absolute Gasteiger partial charge is 0.145 e. The summed E-state index contributed by atoms with van der Waals surface area (Å²) in [6.07, 6.45) is 12.2. The van der Waals surface area contributed by atoms with Crippen LogP contribution in [0.15, 0.2) is 48.8 Å². The van der Waals surface area contributed by atoms with Crippen molar-refractivity contribution in [3.63, 3.8) is 0 Å². The van der Waals surface area contributed by atoms with Crippen LogP contribution in [0.25, 0.3) is 27.3 Å². The van der Waals surface area contributed by atoms with Crippen LogP contribution in [0.5, 0.6) is 0 Å². The Hall–Kier alpha value is -2.35. The number of hydrogen-bond donors (Lipinski definition) is 0. The zero-order chi connectivity index (χ0) is 18.9. The molecule has 0 spiro atoms. The molecule has 2 aliphatic carbocycles. The first-order valence-electron chi connectivity index (χ1n) is 11.0. The van der Waals surface area contributed by atoms with E-state index in [2.05, 4.69) is 60.8 Å². The van der Waals surface area contributed by atoms with E-state index in [1.165, 1.54) is 71.3 Å². The lowest BCUT2D eigenvalue weighted by Crippen LogP contribution is -2.06. The maximum Gasteiger partial charge on any atom is 0.145 e. The van der Waals surface area contributed by atoms with Crippen LogP contribution in [-0.2, 0) is 5.41 Å². The van der Waals surface area contributed by atoms with Gasteiger partial charge in [-0.2, -0.15) is 0 Å². The van der Waals surface area contributed by atoms with Crippen molar-refractivity contribution >= 4 is 27.3 Å². The highest BCUT2D eigenvalue weighted by Gasteiger charge is 2.48. The van der Waals surface area contributed by atoms with Crippen LogP contribution >= 0.6 is 0 Å². The maximum atomic E-state index is 4.80. The summed E-state index contributed by atoms with van der Waals surface area (Å²) in [6.45, 7) is 4.80. The van der Waals surface area contributed by atoms with Crippen molar-refractivity contribution in [3.8, 4) is 0 Å². The molecule has 28 heavy (non-hydrogen) atoms. The molecule has 2 atom stereocenters. The number of fused-ring (bicyclic) bond motifs is 6. The summed E-state index contributed by atoms with van der Waals surface area (Å²) in [5.74, 6) is 1.48. The first-order chi connectivity index (χ1) is 13.7. The summed E-state index contributed by atoms with van der Waals surface area (Å²) in [5.41, 5.74) is 5.71. The molecule has 4 aromatic rings. The van der Waals surface area contributed by atoms with Crippen molar-refractivity contribution in [1.29, 1.82) is 0 Å². The lowest BCUT2D eigenvalue weighted by molar-refractivity contribution is 0.444. The van der Waals surface area contributed by atoms with E-state index in [1.54, 1.807) is 0 Å². The number of nitrogens with zero attached hydrogens (tertiary/aromatic N) is 2. The van der Waals surface area contributed by atoms with E-state index < -0.39 is 0 Å². The molecule has 2 aromatic heterocycles. The predicted molar refractivity (Wildman–Crippen MR) is 117 cm³/mol. The lowest BCUT2D eigenvalue weighted by Gasteiger charge is -2.23. The third-order valence-corrected chi connectivity index (χ3v) is 7.85. The van der Waals surface area contributed by atoms with E-state index in [4.69, 9.17) is 4.98 Å². The highest BCUT2D eigenvalue weighted by molar-refractivity contribution is 6.13. The summed E-state index contributed by atoms with van der Waals surface area (Å²) < 4.78 is 2.31. The molecule has 6 rings (SSSR count). The number of hydrogen-bond acceptors (Lipinski definition) is 1. The van der Waals surface area contributed by atoms with Gasteiger partial charge in [-0.1, -0.05) is 57.4 Å². The van der Waals surface area contributed by atoms with Gasteiger partial charge in [0.2, 0.25) is 0 Å². The number of pyridine rings is 1. The number of rotatable bonds is 2. The topological polar surface area (TPSA) is 17.3 Å². The Kier molecular flexibility index (Phi) is 3.45. The normalized spacial score (nSPS) is 25.7. The molecule has 2 fully saturated rings. The maximum absolute atomic E-state index is 4.80. The van der Waals surface area contributed by atoms with Gasteiger partial charge in [0, 0.05) is 23.2 Å². The Morgan fingerprint density at radius 2 is 1.86 bits per heavy atom. The van der Waals surface area contributed by atoms with E-state index in [0.29, 0.717) is 5.41 Å². The van der Waals surface area contributed by atoms with Crippen LogP contribution in [-0.4, -0.2) is 9.38 Å². The highest BCUT2D eigenvalue weighted by Crippen LogP contribution is 2.55.